The van der Waals surface area contributed by atoms with Gasteiger partial charge in [-0.25, -0.2) is 4.79 Å². The molecule has 0 aromatic heterocycles. The second-order valence-electron chi connectivity index (χ2n) is 4.48. The van der Waals surface area contributed by atoms with Gasteiger partial charge in [0.15, 0.2) is 6.10 Å². The van der Waals surface area contributed by atoms with Crippen LogP contribution in [-0.2, 0) is 14.3 Å². The first kappa shape index (κ1) is 9.45. The van der Waals surface area contributed by atoms with Crippen molar-refractivity contribution in [3.63, 3.8) is 0 Å². The average Bonchev–Trinajstić information content (AvgIpc) is 2.34. The van der Waals surface area contributed by atoms with Crippen molar-refractivity contribution in [2.24, 2.45) is 0 Å². The Labute approximate surface area is 81.4 Å². The molecule has 3 aliphatic rings. The number of carbonyl (C=O) groups is 2. The van der Waals surface area contributed by atoms with E-state index in [0.717, 1.165) is 0 Å². The molecule has 1 aliphatic carbocycles. The third-order valence-corrected chi connectivity index (χ3v) is 2.93. The molecule has 78 valence electrons. The lowest BCUT2D eigenvalue weighted by Gasteiger charge is -2.43. The number of ether oxygens (including phenoxy) is 1. The highest BCUT2D eigenvalue weighted by molar-refractivity contribution is 5.80. The van der Waals surface area contributed by atoms with Crippen molar-refractivity contribution in [1.29, 1.82) is 0 Å². The molecule has 14 heavy (non-hydrogen) atoms. The van der Waals surface area contributed by atoms with Gasteiger partial charge in [-0.2, -0.15) is 0 Å². The minimum absolute atomic E-state index is 0.205. The molecule has 0 spiro atoms. The third-order valence-electron chi connectivity index (χ3n) is 2.93. The van der Waals surface area contributed by atoms with Gasteiger partial charge in [0.25, 0.3) is 0 Å². The molecule has 0 aromatic carbocycles. The van der Waals surface area contributed by atoms with Gasteiger partial charge < -0.3 is 15.2 Å². The Balaban J connectivity index is 2.20. The van der Waals surface area contributed by atoms with Crippen LogP contribution in [0, 0.1) is 0 Å². The van der Waals surface area contributed by atoms with Crippen molar-refractivity contribution in [2.45, 2.75) is 43.9 Å². The number of carboxylic acids is 1. The zero-order valence-electron chi connectivity index (χ0n) is 8.16. The first-order valence-electron chi connectivity index (χ1n) is 4.56. The summed E-state index contributed by atoms with van der Waals surface area (Å²) in [6.45, 7) is 3.26. The van der Waals surface area contributed by atoms with Crippen LogP contribution in [-0.4, -0.2) is 34.2 Å². The number of carboxylic acid groups (broad SMARTS) is 1. The maximum atomic E-state index is 10.9. The van der Waals surface area contributed by atoms with Gasteiger partial charge in [0.2, 0.25) is 5.91 Å². The van der Waals surface area contributed by atoms with Crippen molar-refractivity contribution < 1.29 is 19.4 Å². The van der Waals surface area contributed by atoms with Crippen molar-refractivity contribution in [2.75, 3.05) is 0 Å². The van der Waals surface area contributed by atoms with E-state index in [4.69, 9.17) is 9.84 Å². The Morgan fingerprint density at radius 2 is 2.07 bits per heavy atom. The van der Waals surface area contributed by atoms with E-state index < -0.39 is 17.6 Å². The van der Waals surface area contributed by atoms with E-state index in [9.17, 15) is 9.59 Å². The fourth-order valence-corrected chi connectivity index (χ4v) is 2.74. The molecule has 5 nitrogen and oxygen atoms in total. The van der Waals surface area contributed by atoms with E-state index in [0.29, 0.717) is 12.8 Å². The van der Waals surface area contributed by atoms with Crippen LogP contribution in [0.3, 0.4) is 0 Å². The number of nitrogens with one attached hydrogen (secondary N) is 1. The fourth-order valence-electron chi connectivity index (χ4n) is 2.74. The van der Waals surface area contributed by atoms with Crippen molar-refractivity contribution in [3.8, 4) is 0 Å². The zero-order valence-corrected chi connectivity index (χ0v) is 8.16. The van der Waals surface area contributed by atoms with E-state index in [2.05, 4.69) is 5.32 Å². The van der Waals surface area contributed by atoms with Crippen molar-refractivity contribution in [3.05, 3.63) is 0 Å². The van der Waals surface area contributed by atoms with Gasteiger partial charge in [0, 0.05) is 19.8 Å². The molecule has 2 bridgehead atoms. The molecule has 2 heterocycles. The molecule has 2 aliphatic heterocycles. The van der Waals surface area contributed by atoms with Gasteiger partial charge in [-0.3, -0.25) is 4.79 Å². The molecule has 0 radical (unpaired) electrons. The second-order valence-corrected chi connectivity index (χ2v) is 4.48. The molecule has 2 N–H and O–H groups in total. The summed E-state index contributed by atoms with van der Waals surface area (Å²) in [4.78, 5) is 21.8. The lowest BCUT2D eigenvalue weighted by atomic mass is 9.67. The fraction of sp³-hybridized carbons (Fsp3) is 0.778. The topological polar surface area (TPSA) is 75.6 Å². The van der Waals surface area contributed by atoms with Crippen molar-refractivity contribution >= 4 is 11.9 Å². The monoisotopic (exact) mass is 199 g/mol. The molecular formula is C9H13NO4. The minimum Gasteiger partial charge on any atom is -0.479 e. The van der Waals surface area contributed by atoms with Gasteiger partial charge in [0.05, 0.1) is 11.1 Å². The van der Waals surface area contributed by atoms with E-state index >= 15 is 0 Å². The average molecular weight is 199 g/mol. The summed E-state index contributed by atoms with van der Waals surface area (Å²) in [7, 11) is 0. The van der Waals surface area contributed by atoms with Crippen LogP contribution in [0.4, 0.5) is 0 Å². The Bertz CT molecular complexity index is 306. The number of hydrogen-bond donors (Lipinski definition) is 2. The number of fused-ring (bicyclic) bond motifs is 1. The number of aliphatic carboxylic acids is 1. The Morgan fingerprint density at radius 3 is 2.50 bits per heavy atom. The summed E-state index contributed by atoms with van der Waals surface area (Å²) in [6.07, 6.45) is 0.295. The SMILES string of the molecule is CC(=O)NC12CC(C)(C1)OC2C(=O)O. The molecular weight excluding hydrogens is 186 g/mol. The molecule has 5 heteroatoms. The highest BCUT2D eigenvalue weighted by Crippen LogP contribution is 2.55. The summed E-state index contributed by atoms with van der Waals surface area (Å²) < 4.78 is 5.37. The normalized spacial score (nSPS) is 44.3. The van der Waals surface area contributed by atoms with Crippen LogP contribution in [0.1, 0.15) is 26.7 Å². The summed E-state index contributed by atoms with van der Waals surface area (Å²) in [5.41, 5.74) is -1.02. The van der Waals surface area contributed by atoms with Crippen LogP contribution in [0.2, 0.25) is 0 Å². The second kappa shape index (κ2) is 2.48. The Kier molecular flexibility index (Phi) is 1.67. The van der Waals surface area contributed by atoms with Crippen LogP contribution >= 0.6 is 0 Å². The molecule has 0 aromatic rings. The smallest absolute Gasteiger partial charge is 0.335 e. The maximum Gasteiger partial charge on any atom is 0.335 e. The minimum atomic E-state index is -1.00. The molecule has 1 amide bonds. The lowest BCUT2D eigenvalue weighted by Crippen LogP contribution is -2.62. The summed E-state index contributed by atoms with van der Waals surface area (Å²) in [5.74, 6) is -1.20. The van der Waals surface area contributed by atoms with Gasteiger partial charge >= 0.3 is 5.97 Å². The van der Waals surface area contributed by atoms with Crippen molar-refractivity contribution in [1.82, 2.24) is 5.32 Å². The lowest BCUT2D eigenvalue weighted by molar-refractivity contribution is -0.150. The van der Waals surface area contributed by atoms with E-state index in [1.54, 1.807) is 0 Å². The zero-order chi connectivity index (χ0) is 10.6. The van der Waals surface area contributed by atoms with Gasteiger partial charge in [0.1, 0.15) is 0 Å². The molecule has 2 saturated heterocycles. The van der Waals surface area contributed by atoms with E-state index in [-0.39, 0.29) is 11.5 Å². The predicted octanol–water partition coefficient (Wildman–Crippen LogP) is -0.103. The van der Waals surface area contributed by atoms with E-state index in [1.807, 2.05) is 6.92 Å². The highest BCUT2D eigenvalue weighted by atomic mass is 16.6. The Hall–Kier alpha value is -1.10. The Morgan fingerprint density at radius 1 is 1.50 bits per heavy atom. The molecule has 3 fully saturated rings. The number of hydrogen-bond acceptors (Lipinski definition) is 3. The molecule has 1 atom stereocenters. The number of amides is 1. The van der Waals surface area contributed by atoms with Gasteiger partial charge in [-0.1, -0.05) is 0 Å². The number of carbonyl (C=O) groups excluding carboxylic acids is 1. The summed E-state index contributed by atoms with van der Waals surface area (Å²) >= 11 is 0. The standard InChI is InChI=1S/C9H13NO4/c1-5(11)10-9-3-8(2,4-9)14-6(9)7(12)13/h6H,3-4H2,1-2H3,(H,10,11)(H,12,13). The van der Waals surface area contributed by atoms with Gasteiger partial charge in [-0.05, 0) is 6.92 Å². The van der Waals surface area contributed by atoms with E-state index in [1.165, 1.54) is 6.92 Å². The van der Waals surface area contributed by atoms with Crippen LogP contribution in [0.5, 0.6) is 0 Å². The maximum absolute atomic E-state index is 10.9. The summed E-state index contributed by atoms with van der Waals surface area (Å²) in [5, 5.41) is 11.6. The van der Waals surface area contributed by atoms with Crippen LogP contribution in [0.15, 0.2) is 0 Å². The highest BCUT2D eigenvalue weighted by Gasteiger charge is 2.68. The van der Waals surface area contributed by atoms with Crippen LogP contribution < -0.4 is 5.32 Å². The van der Waals surface area contributed by atoms with Gasteiger partial charge in [-0.15, -0.1) is 0 Å². The first-order chi connectivity index (χ1) is 6.37. The third kappa shape index (κ3) is 1.12. The molecule has 3 rings (SSSR count). The number of rotatable bonds is 2. The first-order valence-corrected chi connectivity index (χ1v) is 4.56. The largest absolute Gasteiger partial charge is 0.479 e. The van der Waals surface area contributed by atoms with Crippen LogP contribution in [0.25, 0.3) is 0 Å². The summed E-state index contributed by atoms with van der Waals surface area (Å²) in [6, 6.07) is 0. The molecule has 1 saturated carbocycles. The molecule has 1 unspecified atom stereocenters. The quantitative estimate of drug-likeness (QED) is 0.651. The predicted molar refractivity (Wildman–Crippen MR) is 46.7 cm³/mol.